The zero-order valence-electron chi connectivity index (χ0n) is 14.8. The number of aromatic amines is 1. The summed E-state index contributed by atoms with van der Waals surface area (Å²) in [7, 11) is 1.91. The number of hydrogen-bond donors (Lipinski definition) is 2. The predicted octanol–water partition coefficient (Wildman–Crippen LogP) is 2.75. The molecular weight excluding hydrogens is 342 g/mol. The van der Waals surface area contributed by atoms with Crippen LogP contribution in [0.5, 0.6) is 0 Å². The van der Waals surface area contributed by atoms with E-state index in [1.807, 2.05) is 52.7 Å². The molecule has 4 heterocycles. The SMILES string of the molecule is CC(O)c1nc2cc(-n3ccnc3-c3[nH]nc4ncccc34)ccc2n1C. The van der Waals surface area contributed by atoms with Crippen molar-refractivity contribution in [2.45, 2.75) is 13.0 Å². The van der Waals surface area contributed by atoms with E-state index in [4.69, 9.17) is 0 Å². The van der Waals surface area contributed by atoms with Crippen LogP contribution in [-0.2, 0) is 7.05 Å². The van der Waals surface area contributed by atoms with Gasteiger partial charge in [-0.15, -0.1) is 0 Å². The quantitative estimate of drug-likeness (QED) is 0.516. The van der Waals surface area contributed by atoms with Gasteiger partial charge in [0.2, 0.25) is 0 Å². The van der Waals surface area contributed by atoms with Crippen molar-refractivity contribution in [3.63, 3.8) is 0 Å². The Morgan fingerprint density at radius 1 is 1.15 bits per heavy atom. The van der Waals surface area contributed by atoms with Crippen LogP contribution in [0, 0.1) is 0 Å². The summed E-state index contributed by atoms with van der Waals surface area (Å²) in [6.07, 6.45) is 4.74. The van der Waals surface area contributed by atoms with Gasteiger partial charge in [0.05, 0.1) is 11.0 Å². The van der Waals surface area contributed by atoms with Gasteiger partial charge in [-0.3, -0.25) is 9.67 Å². The van der Waals surface area contributed by atoms with Gasteiger partial charge < -0.3 is 9.67 Å². The standard InChI is InChI=1S/C19H17N7O/c1-11(27)18-22-14-10-12(5-6-15(14)25(18)2)26-9-8-21-19(26)16-13-4-3-7-20-17(13)24-23-16/h3-11,27H,1-2H3,(H,20,23,24). The van der Waals surface area contributed by atoms with Crippen LogP contribution in [0.15, 0.2) is 48.9 Å². The van der Waals surface area contributed by atoms with E-state index in [-0.39, 0.29) is 0 Å². The number of aryl methyl sites for hydroxylation is 1. The van der Waals surface area contributed by atoms with Crippen molar-refractivity contribution in [3.05, 3.63) is 54.7 Å². The smallest absolute Gasteiger partial charge is 0.181 e. The van der Waals surface area contributed by atoms with Crippen LogP contribution in [-0.4, -0.2) is 39.4 Å². The molecule has 27 heavy (non-hydrogen) atoms. The van der Waals surface area contributed by atoms with Crippen molar-refractivity contribution in [1.29, 1.82) is 0 Å². The molecular formula is C19H17N7O. The highest BCUT2D eigenvalue weighted by Crippen LogP contribution is 2.28. The first-order valence-electron chi connectivity index (χ1n) is 8.61. The number of fused-ring (bicyclic) bond motifs is 2. The average Bonchev–Trinajstić information content (AvgIpc) is 3.38. The minimum Gasteiger partial charge on any atom is -0.385 e. The third kappa shape index (κ3) is 2.34. The topological polar surface area (TPSA) is 97.4 Å². The third-order valence-electron chi connectivity index (χ3n) is 4.74. The molecule has 0 saturated carbocycles. The number of aromatic nitrogens is 7. The fourth-order valence-corrected chi connectivity index (χ4v) is 3.45. The maximum atomic E-state index is 9.91. The molecule has 2 N–H and O–H groups in total. The Hall–Kier alpha value is -3.52. The van der Waals surface area contributed by atoms with Gasteiger partial charge >= 0.3 is 0 Å². The van der Waals surface area contributed by atoms with Gasteiger partial charge in [-0.2, -0.15) is 5.10 Å². The van der Waals surface area contributed by atoms with E-state index in [9.17, 15) is 5.11 Å². The molecule has 8 nitrogen and oxygen atoms in total. The Kier molecular flexibility index (Phi) is 3.34. The lowest BCUT2D eigenvalue weighted by Crippen LogP contribution is -2.01. The van der Waals surface area contributed by atoms with Crippen LogP contribution in [0.1, 0.15) is 18.9 Å². The normalized spacial score (nSPS) is 12.9. The molecule has 0 aliphatic carbocycles. The Balaban J connectivity index is 1.67. The van der Waals surface area contributed by atoms with Crippen LogP contribution in [0.25, 0.3) is 39.3 Å². The largest absolute Gasteiger partial charge is 0.385 e. The highest BCUT2D eigenvalue weighted by Gasteiger charge is 2.16. The molecule has 0 bridgehead atoms. The Labute approximate surface area is 154 Å². The molecule has 5 aromatic rings. The summed E-state index contributed by atoms with van der Waals surface area (Å²) in [5.74, 6) is 1.38. The van der Waals surface area contributed by atoms with Crippen molar-refractivity contribution in [3.8, 4) is 17.2 Å². The molecule has 0 fully saturated rings. The lowest BCUT2D eigenvalue weighted by atomic mass is 10.2. The molecule has 5 rings (SSSR count). The molecule has 1 atom stereocenters. The average molecular weight is 359 g/mol. The van der Waals surface area contributed by atoms with Gasteiger partial charge in [0.25, 0.3) is 0 Å². The highest BCUT2D eigenvalue weighted by molar-refractivity contribution is 5.89. The van der Waals surface area contributed by atoms with E-state index in [2.05, 4.69) is 25.1 Å². The van der Waals surface area contributed by atoms with Crippen LogP contribution >= 0.6 is 0 Å². The summed E-state index contributed by atoms with van der Waals surface area (Å²) in [5, 5.41) is 18.1. The zero-order chi connectivity index (χ0) is 18.5. The zero-order valence-corrected chi connectivity index (χ0v) is 14.8. The maximum Gasteiger partial charge on any atom is 0.181 e. The number of benzene rings is 1. The third-order valence-corrected chi connectivity index (χ3v) is 4.74. The number of hydrogen-bond acceptors (Lipinski definition) is 5. The molecule has 134 valence electrons. The van der Waals surface area contributed by atoms with Gasteiger partial charge in [0.15, 0.2) is 11.5 Å². The monoisotopic (exact) mass is 359 g/mol. The number of imidazole rings is 2. The van der Waals surface area contributed by atoms with Crippen LogP contribution in [0.4, 0.5) is 0 Å². The van der Waals surface area contributed by atoms with Crippen molar-refractivity contribution >= 4 is 22.1 Å². The number of aliphatic hydroxyl groups is 1. The molecule has 0 saturated heterocycles. The summed E-state index contributed by atoms with van der Waals surface area (Å²) in [6, 6.07) is 9.85. The van der Waals surface area contributed by atoms with Crippen LogP contribution in [0.3, 0.4) is 0 Å². The summed E-state index contributed by atoms with van der Waals surface area (Å²) in [4.78, 5) is 13.4. The fourth-order valence-electron chi connectivity index (χ4n) is 3.45. The van der Waals surface area contributed by atoms with Crippen molar-refractivity contribution in [2.75, 3.05) is 0 Å². The number of pyridine rings is 1. The molecule has 4 aromatic heterocycles. The molecule has 0 radical (unpaired) electrons. The minimum atomic E-state index is -0.626. The molecule has 1 unspecified atom stereocenters. The second-order valence-electron chi connectivity index (χ2n) is 6.47. The lowest BCUT2D eigenvalue weighted by molar-refractivity contribution is 0.186. The first-order chi connectivity index (χ1) is 13.1. The van der Waals surface area contributed by atoms with Gasteiger partial charge in [-0.25, -0.2) is 15.0 Å². The molecule has 8 heteroatoms. The Bertz CT molecular complexity index is 1280. The Morgan fingerprint density at radius 2 is 2.04 bits per heavy atom. The molecule has 0 aliphatic heterocycles. The summed E-state index contributed by atoms with van der Waals surface area (Å²) in [6.45, 7) is 1.72. The first kappa shape index (κ1) is 15.7. The fraction of sp³-hybridized carbons (Fsp3) is 0.158. The van der Waals surface area contributed by atoms with E-state index < -0.39 is 6.10 Å². The van der Waals surface area contributed by atoms with E-state index in [1.165, 1.54) is 0 Å². The summed E-state index contributed by atoms with van der Waals surface area (Å²) < 4.78 is 3.89. The molecule has 0 amide bonds. The number of aliphatic hydroxyl groups excluding tert-OH is 1. The highest BCUT2D eigenvalue weighted by atomic mass is 16.3. The minimum absolute atomic E-state index is 0.626. The molecule has 1 aromatic carbocycles. The number of H-pyrrole nitrogens is 1. The maximum absolute atomic E-state index is 9.91. The van der Waals surface area contributed by atoms with Gasteiger partial charge in [0, 0.05) is 36.7 Å². The number of rotatable bonds is 3. The van der Waals surface area contributed by atoms with Crippen molar-refractivity contribution in [2.24, 2.45) is 7.05 Å². The van der Waals surface area contributed by atoms with Gasteiger partial charge in [-0.1, -0.05) is 0 Å². The van der Waals surface area contributed by atoms with Gasteiger partial charge in [0.1, 0.15) is 17.6 Å². The summed E-state index contributed by atoms with van der Waals surface area (Å²) in [5.41, 5.74) is 4.18. The second-order valence-corrected chi connectivity index (χ2v) is 6.47. The van der Waals surface area contributed by atoms with Crippen LogP contribution in [0.2, 0.25) is 0 Å². The predicted molar refractivity (Wildman–Crippen MR) is 101 cm³/mol. The van der Waals surface area contributed by atoms with Crippen molar-refractivity contribution < 1.29 is 5.11 Å². The van der Waals surface area contributed by atoms with Gasteiger partial charge in [-0.05, 0) is 37.3 Å². The van der Waals surface area contributed by atoms with Crippen LogP contribution < -0.4 is 0 Å². The van der Waals surface area contributed by atoms with E-state index in [0.717, 1.165) is 33.6 Å². The second kappa shape index (κ2) is 5.75. The number of nitrogens with one attached hydrogen (secondary N) is 1. The van der Waals surface area contributed by atoms with Crippen molar-refractivity contribution in [1.82, 2.24) is 34.3 Å². The Morgan fingerprint density at radius 3 is 2.89 bits per heavy atom. The van der Waals surface area contributed by atoms with E-state index >= 15 is 0 Å². The molecule has 0 spiro atoms. The lowest BCUT2D eigenvalue weighted by Gasteiger charge is -2.07. The summed E-state index contributed by atoms with van der Waals surface area (Å²) >= 11 is 0. The van der Waals surface area contributed by atoms with E-state index in [1.54, 1.807) is 19.3 Å². The first-order valence-corrected chi connectivity index (χ1v) is 8.61. The number of nitrogens with zero attached hydrogens (tertiary/aromatic N) is 6. The van der Waals surface area contributed by atoms with E-state index in [0.29, 0.717) is 11.5 Å². The molecule has 0 aliphatic rings.